The van der Waals surface area contributed by atoms with E-state index >= 15 is 0 Å². The predicted molar refractivity (Wildman–Crippen MR) is 101 cm³/mol. The number of hydrogen-bond acceptors (Lipinski definition) is 6. The summed E-state index contributed by atoms with van der Waals surface area (Å²) in [5.41, 5.74) is 1.03. The van der Waals surface area contributed by atoms with Gasteiger partial charge >= 0.3 is 0 Å². The van der Waals surface area contributed by atoms with Crippen LogP contribution in [-0.4, -0.2) is 72.0 Å². The summed E-state index contributed by atoms with van der Waals surface area (Å²) >= 11 is 1.51. The molecule has 2 fully saturated rings. The van der Waals surface area contributed by atoms with Crippen molar-refractivity contribution in [2.24, 2.45) is 0 Å². The van der Waals surface area contributed by atoms with Crippen molar-refractivity contribution < 1.29 is 14.3 Å². The number of piperidine rings is 1. The quantitative estimate of drug-likeness (QED) is 0.841. The number of carbonyl (C=O) groups excluding carboxylic acids is 2. The molecule has 26 heavy (non-hydrogen) atoms. The fourth-order valence-corrected chi connectivity index (χ4v) is 4.53. The van der Waals surface area contributed by atoms with Crippen LogP contribution in [0.5, 0.6) is 0 Å². The van der Waals surface area contributed by atoms with Crippen molar-refractivity contribution >= 4 is 28.3 Å². The van der Waals surface area contributed by atoms with Gasteiger partial charge in [0.25, 0.3) is 0 Å². The number of anilines is 1. The summed E-state index contributed by atoms with van der Waals surface area (Å²) in [6.45, 7) is 7.59. The number of thiazole rings is 1. The second kappa shape index (κ2) is 8.92. The van der Waals surface area contributed by atoms with Crippen molar-refractivity contribution in [1.29, 1.82) is 0 Å². The summed E-state index contributed by atoms with van der Waals surface area (Å²) in [7, 11) is 0. The topological polar surface area (TPSA) is 74.8 Å². The van der Waals surface area contributed by atoms with Crippen molar-refractivity contribution in [3.05, 3.63) is 10.6 Å². The molecule has 144 valence electrons. The maximum atomic E-state index is 12.9. The second-order valence-corrected chi connectivity index (χ2v) is 8.05. The molecule has 2 aliphatic heterocycles. The molecule has 0 aliphatic carbocycles. The number of carbonyl (C=O) groups is 2. The summed E-state index contributed by atoms with van der Waals surface area (Å²) in [5.74, 6) is 0.0437. The van der Waals surface area contributed by atoms with Gasteiger partial charge in [-0.15, -0.1) is 11.3 Å². The number of ether oxygens (including phenoxy) is 1. The number of nitrogens with one attached hydrogen (secondary N) is 1. The highest BCUT2D eigenvalue weighted by atomic mass is 32.1. The van der Waals surface area contributed by atoms with Crippen LogP contribution in [-0.2, 0) is 20.7 Å². The number of rotatable bonds is 5. The highest BCUT2D eigenvalue weighted by Crippen LogP contribution is 2.23. The molecule has 0 saturated carbocycles. The number of likely N-dealkylation sites (tertiary alicyclic amines) is 1. The van der Waals surface area contributed by atoms with Gasteiger partial charge in [-0.05, 0) is 32.7 Å². The van der Waals surface area contributed by atoms with Crippen LogP contribution in [0, 0.1) is 6.92 Å². The van der Waals surface area contributed by atoms with E-state index in [1.54, 1.807) is 0 Å². The number of aryl methyl sites for hydroxylation is 2. The Morgan fingerprint density at radius 3 is 2.73 bits per heavy atom. The Balaban J connectivity index is 1.60. The molecule has 1 aromatic rings. The average molecular weight is 381 g/mol. The summed E-state index contributed by atoms with van der Waals surface area (Å²) in [4.78, 5) is 34.9. The van der Waals surface area contributed by atoms with Crippen LogP contribution in [0.2, 0.25) is 0 Å². The molecule has 0 radical (unpaired) electrons. The van der Waals surface area contributed by atoms with Crippen LogP contribution in [0.1, 0.15) is 36.8 Å². The molecule has 3 rings (SSSR count). The monoisotopic (exact) mass is 380 g/mol. The van der Waals surface area contributed by atoms with E-state index in [0.29, 0.717) is 31.4 Å². The highest BCUT2D eigenvalue weighted by Gasteiger charge is 2.33. The third kappa shape index (κ3) is 4.61. The maximum Gasteiger partial charge on any atom is 0.240 e. The molecule has 0 bridgehead atoms. The van der Waals surface area contributed by atoms with E-state index in [0.717, 1.165) is 42.8 Å². The molecule has 1 N–H and O–H groups in total. The molecule has 7 nitrogen and oxygen atoms in total. The number of amides is 2. The van der Waals surface area contributed by atoms with Crippen molar-refractivity contribution in [2.45, 2.75) is 45.6 Å². The van der Waals surface area contributed by atoms with Crippen molar-refractivity contribution in [2.75, 3.05) is 44.7 Å². The molecule has 1 aromatic heterocycles. The molecular weight excluding hydrogens is 352 g/mol. The molecule has 2 aliphatic rings. The van der Waals surface area contributed by atoms with E-state index in [9.17, 15) is 9.59 Å². The fourth-order valence-electron chi connectivity index (χ4n) is 3.61. The van der Waals surface area contributed by atoms with Gasteiger partial charge in [0.15, 0.2) is 5.13 Å². The zero-order valence-corrected chi connectivity index (χ0v) is 16.4. The second-order valence-electron chi connectivity index (χ2n) is 6.84. The number of morpholine rings is 1. The summed E-state index contributed by atoms with van der Waals surface area (Å²) in [5, 5.41) is 3.56. The van der Waals surface area contributed by atoms with Crippen LogP contribution in [0.4, 0.5) is 5.13 Å². The third-order valence-electron chi connectivity index (χ3n) is 5.04. The van der Waals surface area contributed by atoms with E-state index in [1.165, 1.54) is 11.3 Å². The van der Waals surface area contributed by atoms with Gasteiger partial charge in [-0.25, -0.2) is 4.98 Å². The van der Waals surface area contributed by atoms with Gasteiger partial charge in [-0.1, -0.05) is 13.3 Å². The van der Waals surface area contributed by atoms with E-state index in [4.69, 9.17) is 4.74 Å². The molecule has 8 heteroatoms. The summed E-state index contributed by atoms with van der Waals surface area (Å²) in [6, 6.07) is -0.197. The first-order valence-electron chi connectivity index (χ1n) is 9.45. The van der Waals surface area contributed by atoms with Gasteiger partial charge in [0, 0.05) is 18.0 Å². The number of nitrogens with zero attached hydrogens (tertiary/aromatic N) is 3. The summed E-state index contributed by atoms with van der Waals surface area (Å²) < 4.78 is 5.34. The minimum absolute atomic E-state index is 0.0944. The minimum Gasteiger partial charge on any atom is -0.378 e. The average Bonchev–Trinajstić information content (AvgIpc) is 3.01. The first-order chi connectivity index (χ1) is 12.6. The third-order valence-corrected chi connectivity index (χ3v) is 5.97. The Hall–Kier alpha value is -1.51. The smallest absolute Gasteiger partial charge is 0.240 e. The lowest BCUT2D eigenvalue weighted by atomic mass is 10.0. The largest absolute Gasteiger partial charge is 0.378 e. The Morgan fingerprint density at radius 1 is 1.27 bits per heavy atom. The van der Waals surface area contributed by atoms with Gasteiger partial charge < -0.3 is 15.0 Å². The van der Waals surface area contributed by atoms with Crippen LogP contribution >= 0.6 is 11.3 Å². The summed E-state index contributed by atoms with van der Waals surface area (Å²) in [6.07, 6.45) is 3.74. The maximum absolute atomic E-state index is 12.9. The Labute approximate surface area is 158 Å². The van der Waals surface area contributed by atoms with Gasteiger partial charge in [0.2, 0.25) is 11.8 Å². The Bertz CT molecular complexity index is 642. The lowest BCUT2D eigenvalue weighted by Crippen LogP contribution is -2.54. The zero-order chi connectivity index (χ0) is 18.5. The van der Waals surface area contributed by atoms with Crippen molar-refractivity contribution in [3.8, 4) is 0 Å². The standard InChI is InChI=1S/C18H28N4O3S/c1-3-14-13(2)26-18(19-14)20-16(23)12-22-7-5-4-6-15(22)17(24)21-8-10-25-11-9-21/h15H,3-12H2,1-2H3,(H,19,20,23). The van der Waals surface area contributed by atoms with Gasteiger partial charge in [0.05, 0.1) is 31.5 Å². The molecule has 0 spiro atoms. The zero-order valence-electron chi connectivity index (χ0n) is 15.6. The lowest BCUT2D eigenvalue weighted by molar-refractivity contribution is -0.142. The molecule has 1 unspecified atom stereocenters. The first-order valence-corrected chi connectivity index (χ1v) is 10.3. The minimum atomic E-state index is -0.197. The molecule has 0 aromatic carbocycles. The molecular formula is C18H28N4O3S. The van der Waals surface area contributed by atoms with E-state index in [2.05, 4.69) is 17.2 Å². The molecule has 2 saturated heterocycles. The molecule has 2 amide bonds. The van der Waals surface area contributed by atoms with Crippen LogP contribution < -0.4 is 5.32 Å². The van der Waals surface area contributed by atoms with Gasteiger partial charge in [-0.3, -0.25) is 14.5 Å². The Morgan fingerprint density at radius 2 is 2.04 bits per heavy atom. The van der Waals surface area contributed by atoms with E-state index < -0.39 is 0 Å². The normalized spacial score (nSPS) is 21.6. The van der Waals surface area contributed by atoms with Crippen LogP contribution in [0.3, 0.4) is 0 Å². The first kappa shape index (κ1) is 19.3. The predicted octanol–water partition coefficient (Wildman–Crippen LogP) is 1.67. The van der Waals surface area contributed by atoms with Crippen molar-refractivity contribution in [1.82, 2.24) is 14.8 Å². The van der Waals surface area contributed by atoms with Gasteiger partial charge in [-0.2, -0.15) is 0 Å². The number of aromatic nitrogens is 1. The SMILES string of the molecule is CCc1nc(NC(=O)CN2CCCCC2C(=O)N2CCOCC2)sc1C. The highest BCUT2D eigenvalue weighted by molar-refractivity contribution is 7.15. The number of hydrogen-bond donors (Lipinski definition) is 1. The van der Waals surface area contributed by atoms with Crippen LogP contribution in [0.25, 0.3) is 0 Å². The van der Waals surface area contributed by atoms with E-state index in [-0.39, 0.29) is 24.4 Å². The van der Waals surface area contributed by atoms with Crippen molar-refractivity contribution in [3.63, 3.8) is 0 Å². The van der Waals surface area contributed by atoms with E-state index in [1.807, 2.05) is 16.7 Å². The molecule has 1 atom stereocenters. The Kier molecular flexibility index (Phi) is 6.61. The van der Waals surface area contributed by atoms with Gasteiger partial charge in [0.1, 0.15) is 0 Å². The van der Waals surface area contributed by atoms with Crippen LogP contribution in [0.15, 0.2) is 0 Å². The lowest BCUT2D eigenvalue weighted by Gasteiger charge is -2.38. The fraction of sp³-hybridized carbons (Fsp3) is 0.722. The molecule has 3 heterocycles.